The molecule has 0 unspecified atom stereocenters. The number of nitrogens with zero attached hydrogens (tertiary/aromatic N) is 2. The van der Waals surface area contributed by atoms with E-state index < -0.39 is 31.1 Å². The maximum absolute atomic E-state index is 12.2. The summed E-state index contributed by atoms with van der Waals surface area (Å²) < 4.78 is 23.1. The van der Waals surface area contributed by atoms with Crippen LogP contribution in [0.2, 0.25) is 0 Å². The van der Waals surface area contributed by atoms with Crippen molar-refractivity contribution in [3.05, 3.63) is 83.4 Å². The molecule has 2 aliphatic heterocycles. The van der Waals surface area contributed by atoms with Crippen LogP contribution in [0.25, 0.3) is 0 Å². The Kier molecular flexibility index (Phi) is 4.90. The van der Waals surface area contributed by atoms with Gasteiger partial charge < -0.3 is 0 Å². The average molecular weight is 498 g/mol. The van der Waals surface area contributed by atoms with E-state index in [2.05, 4.69) is 29.2 Å². The summed E-state index contributed by atoms with van der Waals surface area (Å²) in [5, 5.41) is 0. The normalized spacial score (nSPS) is 25.4. The van der Waals surface area contributed by atoms with Crippen molar-refractivity contribution in [2.24, 2.45) is 0 Å². The summed E-state index contributed by atoms with van der Waals surface area (Å²) in [4.78, 5) is 16.0. The van der Waals surface area contributed by atoms with Gasteiger partial charge in [-0.05, 0) is 0 Å². The number of nitrogen functional groups attached to an aromatic ring is 1. The van der Waals surface area contributed by atoms with Gasteiger partial charge in [-0.15, -0.1) is 0 Å². The molecule has 5 rings (SSSR count). The monoisotopic (exact) mass is 499 g/mol. The van der Waals surface area contributed by atoms with E-state index in [1.165, 1.54) is 4.57 Å². The number of benzene rings is 2. The summed E-state index contributed by atoms with van der Waals surface area (Å²) in [6.45, 7) is 0.443. The fraction of sp³-hybridized carbons (Fsp3) is 0.238. The second kappa shape index (κ2) is 7.56. The Morgan fingerprint density at radius 2 is 1.62 bits per heavy atom. The zero-order chi connectivity index (χ0) is 19.8. The molecule has 2 saturated heterocycles. The first kappa shape index (κ1) is 18.8. The van der Waals surface area contributed by atoms with Crippen molar-refractivity contribution in [3.63, 3.8) is 0 Å². The Balaban J connectivity index is 1.48. The van der Waals surface area contributed by atoms with Crippen LogP contribution in [0.5, 0.6) is 0 Å². The molecule has 0 aliphatic carbocycles. The summed E-state index contributed by atoms with van der Waals surface area (Å²) in [5.74, 6) is 0.199. The molecule has 3 heterocycles. The molecule has 0 radical (unpaired) electrons. The number of hydrogen-bond donors (Lipinski definition) is 1. The molecule has 3 aromatic rings. The molecule has 2 N–H and O–H groups in total. The average Bonchev–Trinajstić information content (AvgIpc) is 3.17. The number of anilines is 1. The summed E-state index contributed by atoms with van der Waals surface area (Å²) >= 11 is -3.83. The molecule has 8 heteroatoms. The van der Waals surface area contributed by atoms with Gasteiger partial charge >= 0.3 is 173 Å². The number of nitrogens with two attached hydrogens (primary N) is 1. The first-order chi connectivity index (χ1) is 14.2. The summed E-state index contributed by atoms with van der Waals surface area (Å²) in [5.41, 5.74) is 5.19. The predicted molar refractivity (Wildman–Crippen MR) is 110 cm³/mol. The van der Waals surface area contributed by atoms with Crippen LogP contribution in [-0.2, 0) is 10.9 Å². The Bertz CT molecular complexity index is 1020. The minimum atomic E-state index is -3.83. The molecule has 2 aromatic carbocycles. The van der Waals surface area contributed by atoms with Gasteiger partial charge in [0.05, 0.1) is 0 Å². The molecular weight excluding hydrogens is 477 g/mol. The van der Waals surface area contributed by atoms with E-state index in [1.54, 1.807) is 12.3 Å². The van der Waals surface area contributed by atoms with Gasteiger partial charge in [0.2, 0.25) is 0 Å². The predicted octanol–water partition coefficient (Wildman–Crippen LogP) is 0.785. The molecular formula is C21H21N3O4Sn. The molecule has 2 fully saturated rings. The van der Waals surface area contributed by atoms with E-state index in [0.29, 0.717) is 13.0 Å². The van der Waals surface area contributed by atoms with Crippen molar-refractivity contribution in [1.29, 1.82) is 0 Å². The first-order valence-corrected chi connectivity index (χ1v) is 14.8. The molecule has 2 aliphatic rings. The number of ether oxygens (including phenoxy) is 1. The van der Waals surface area contributed by atoms with Gasteiger partial charge in [-0.3, -0.25) is 0 Å². The molecule has 29 heavy (non-hydrogen) atoms. The van der Waals surface area contributed by atoms with Crippen molar-refractivity contribution in [2.45, 2.75) is 24.9 Å². The minimum absolute atomic E-state index is 0.144. The molecule has 3 atom stereocenters. The van der Waals surface area contributed by atoms with Crippen LogP contribution in [0.15, 0.2) is 77.7 Å². The van der Waals surface area contributed by atoms with E-state index >= 15 is 0 Å². The second-order valence-electron chi connectivity index (χ2n) is 7.22. The Hall–Kier alpha value is -2.20. The molecule has 7 nitrogen and oxygen atoms in total. The summed E-state index contributed by atoms with van der Waals surface area (Å²) in [6, 6.07) is 22.0. The second-order valence-corrected chi connectivity index (χ2v) is 15.5. The number of fused-ring (bicyclic) bond motifs is 1. The fourth-order valence-electron chi connectivity index (χ4n) is 4.02. The van der Waals surface area contributed by atoms with E-state index in [-0.39, 0.29) is 18.0 Å². The van der Waals surface area contributed by atoms with Gasteiger partial charge in [0.15, 0.2) is 0 Å². The zero-order valence-corrected chi connectivity index (χ0v) is 18.5. The van der Waals surface area contributed by atoms with Crippen molar-refractivity contribution in [1.82, 2.24) is 9.55 Å². The van der Waals surface area contributed by atoms with Crippen LogP contribution < -0.4 is 18.6 Å². The van der Waals surface area contributed by atoms with Crippen LogP contribution in [0.1, 0.15) is 12.6 Å². The van der Waals surface area contributed by atoms with Crippen molar-refractivity contribution >= 4 is 32.2 Å². The van der Waals surface area contributed by atoms with Crippen molar-refractivity contribution in [2.75, 3.05) is 12.3 Å². The van der Waals surface area contributed by atoms with Crippen LogP contribution in [0.3, 0.4) is 0 Å². The van der Waals surface area contributed by atoms with Gasteiger partial charge in [-0.2, -0.15) is 0 Å². The Morgan fingerprint density at radius 1 is 0.966 bits per heavy atom. The molecule has 148 valence electrons. The zero-order valence-electron chi connectivity index (χ0n) is 15.7. The number of rotatable bonds is 3. The third-order valence-electron chi connectivity index (χ3n) is 5.42. The fourth-order valence-corrected chi connectivity index (χ4v) is 13.6. The van der Waals surface area contributed by atoms with Gasteiger partial charge in [-0.25, -0.2) is 0 Å². The SMILES string of the molecule is Nc1ccn([C@@H]2C[C@H]3[O][Sn]([c]4ccccc4)([c]4ccccc4)[O]C[C@@H]3O2)c(=O)n1. The first-order valence-electron chi connectivity index (χ1n) is 9.59. The van der Waals surface area contributed by atoms with Crippen LogP contribution in [0, 0.1) is 0 Å². The van der Waals surface area contributed by atoms with E-state index in [4.69, 9.17) is 16.6 Å². The third kappa shape index (κ3) is 3.37. The van der Waals surface area contributed by atoms with Gasteiger partial charge in [0.25, 0.3) is 0 Å². The van der Waals surface area contributed by atoms with E-state index in [0.717, 1.165) is 7.16 Å². The van der Waals surface area contributed by atoms with Crippen LogP contribution in [-0.4, -0.2) is 47.6 Å². The standard InChI is InChI=1S/C9H11N3O4.2C6H5.Sn/c10-7-1-2-12(9(15)11-7)8-3-5(14)6(4-13)16-8;2*1-2-4-6-5-3-1;/h1-2,5-6,8H,3-4H2,(H2,10,11,15);2*1-5H;/q-2;;;+2/t5-,6+,8+;;;/m1.../s1. The molecule has 0 bridgehead atoms. The Labute approximate surface area is 173 Å². The van der Waals surface area contributed by atoms with Gasteiger partial charge in [0, 0.05) is 0 Å². The molecule has 0 spiro atoms. The maximum atomic E-state index is 12.2. The van der Waals surface area contributed by atoms with Gasteiger partial charge in [-0.1, -0.05) is 0 Å². The third-order valence-corrected chi connectivity index (χ3v) is 15.1. The molecule has 0 amide bonds. The summed E-state index contributed by atoms with van der Waals surface area (Å²) in [7, 11) is 0. The van der Waals surface area contributed by atoms with Crippen LogP contribution >= 0.6 is 0 Å². The van der Waals surface area contributed by atoms with E-state index in [9.17, 15) is 4.79 Å². The summed E-state index contributed by atoms with van der Waals surface area (Å²) in [6.07, 6.45) is 1.38. The number of aromatic nitrogens is 2. The Morgan fingerprint density at radius 3 is 2.24 bits per heavy atom. The van der Waals surface area contributed by atoms with E-state index in [1.807, 2.05) is 36.4 Å². The number of hydrogen-bond acceptors (Lipinski definition) is 6. The van der Waals surface area contributed by atoms with Crippen LogP contribution in [0.4, 0.5) is 5.82 Å². The quantitative estimate of drug-likeness (QED) is 0.538. The van der Waals surface area contributed by atoms with Crippen molar-refractivity contribution in [3.8, 4) is 0 Å². The topological polar surface area (TPSA) is 88.6 Å². The molecule has 1 aromatic heterocycles. The van der Waals surface area contributed by atoms with Crippen molar-refractivity contribution < 1.29 is 10.9 Å². The molecule has 0 saturated carbocycles. The van der Waals surface area contributed by atoms with Gasteiger partial charge in [0.1, 0.15) is 0 Å².